The Hall–Kier alpha value is -1.75. The minimum atomic E-state index is -0.590. The molecule has 0 atom stereocenters. The second kappa shape index (κ2) is 4.40. The summed E-state index contributed by atoms with van der Waals surface area (Å²) in [7, 11) is 0. The molecule has 84 valence electrons. The zero-order valence-corrected chi connectivity index (χ0v) is 8.48. The van der Waals surface area contributed by atoms with Crippen LogP contribution in [-0.4, -0.2) is 29.9 Å². The van der Waals surface area contributed by atoms with Gasteiger partial charge in [-0.05, 0) is 6.07 Å². The second-order valence-electron chi connectivity index (χ2n) is 3.58. The number of hydrogen-bond acceptors (Lipinski definition) is 4. The van der Waals surface area contributed by atoms with Crippen LogP contribution in [0.25, 0.3) is 0 Å². The Bertz CT molecular complexity index is 417. The van der Waals surface area contributed by atoms with Gasteiger partial charge in [-0.2, -0.15) is 0 Å². The van der Waals surface area contributed by atoms with Gasteiger partial charge in [-0.1, -0.05) is 18.2 Å². The lowest BCUT2D eigenvalue weighted by atomic mass is 10.2. The van der Waals surface area contributed by atoms with Crippen molar-refractivity contribution in [2.45, 2.75) is 6.54 Å². The number of nitrogens with zero attached hydrogens (tertiary/aromatic N) is 1. The van der Waals surface area contributed by atoms with Crippen LogP contribution in [0.1, 0.15) is 5.56 Å². The quantitative estimate of drug-likeness (QED) is 0.547. The SMILES string of the molecule is O=C1CN(Cc2ccccc2F)CC(=O)O1. The van der Waals surface area contributed by atoms with E-state index in [0.717, 1.165) is 0 Å². The number of cyclic esters (lactones) is 2. The Labute approximate surface area is 91.6 Å². The number of ether oxygens (including phenoxy) is 1. The van der Waals surface area contributed by atoms with Crippen molar-refractivity contribution in [3.05, 3.63) is 35.6 Å². The maximum atomic E-state index is 13.3. The van der Waals surface area contributed by atoms with Crippen molar-refractivity contribution >= 4 is 11.9 Å². The number of morpholine rings is 1. The fraction of sp³-hybridized carbons (Fsp3) is 0.273. The van der Waals surface area contributed by atoms with E-state index in [2.05, 4.69) is 4.74 Å². The largest absolute Gasteiger partial charge is 0.391 e. The third-order valence-corrected chi connectivity index (χ3v) is 2.28. The van der Waals surface area contributed by atoms with Gasteiger partial charge in [0.25, 0.3) is 0 Å². The Kier molecular flexibility index (Phi) is 2.96. The molecule has 0 spiro atoms. The smallest absolute Gasteiger partial charge is 0.327 e. The van der Waals surface area contributed by atoms with Gasteiger partial charge in [0.15, 0.2) is 0 Å². The van der Waals surface area contributed by atoms with Crippen LogP contribution in [0, 0.1) is 5.82 Å². The topological polar surface area (TPSA) is 46.6 Å². The van der Waals surface area contributed by atoms with Crippen LogP contribution in [-0.2, 0) is 20.9 Å². The Morgan fingerprint density at radius 1 is 1.19 bits per heavy atom. The van der Waals surface area contributed by atoms with Crippen LogP contribution in [0.5, 0.6) is 0 Å². The van der Waals surface area contributed by atoms with Gasteiger partial charge in [0.2, 0.25) is 0 Å². The molecule has 1 aliphatic heterocycles. The molecule has 0 bridgehead atoms. The highest BCUT2D eigenvalue weighted by atomic mass is 19.1. The van der Waals surface area contributed by atoms with Gasteiger partial charge >= 0.3 is 11.9 Å². The molecular formula is C11H10FNO3. The van der Waals surface area contributed by atoms with Gasteiger partial charge in [0.1, 0.15) is 5.82 Å². The van der Waals surface area contributed by atoms with Crippen LogP contribution >= 0.6 is 0 Å². The minimum absolute atomic E-state index is 0.0140. The van der Waals surface area contributed by atoms with Crippen molar-refractivity contribution in [3.8, 4) is 0 Å². The molecule has 1 aromatic rings. The fourth-order valence-electron chi connectivity index (χ4n) is 1.59. The minimum Gasteiger partial charge on any atom is -0.391 e. The molecule has 0 aromatic heterocycles. The molecule has 0 radical (unpaired) electrons. The molecule has 1 aliphatic rings. The van der Waals surface area contributed by atoms with Crippen LogP contribution in [0.4, 0.5) is 4.39 Å². The normalized spacial score (nSPS) is 17.3. The molecule has 0 saturated carbocycles. The number of benzene rings is 1. The highest BCUT2D eigenvalue weighted by molar-refractivity contribution is 5.90. The number of esters is 2. The fourth-order valence-corrected chi connectivity index (χ4v) is 1.59. The van der Waals surface area contributed by atoms with Crippen molar-refractivity contribution in [3.63, 3.8) is 0 Å². The molecule has 1 aromatic carbocycles. The summed E-state index contributed by atoms with van der Waals surface area (Å²) in [5, 5.41) is 0. The van der Waals surface area contributed by atoms with E-state index in [1.54, 1.807) is 23.1 Å². The molecule has 5 heteroatoms. The zero-order chi connectivity index (χ0) is 11.5. The third kappa shape index (κ3) is 2.43. The lowest BCUT2D eigenvalue weighted by Crippen LogP contribution is -2.42. The van der Waals surface area contributed by atoms with Crippen molar-refractivity contribution < 1.29 is 18.7 Å². The Morgan fingerprint density at radius 3 is 2.44 bits per heavy atom. The number of carbonyl (C=O) groups excluding carboxylic acids is 2. The zero-order valence-electron chi connectivity index (χ0n) is 8.48. The van der Waals surface area contributed by atoms with Crippen molar-refractivity contribution in [1.29, 1.82) is 0 Å². The van der Waals surface area contributed by atoms with Crippen LogP contribution < -0.4 is 0 Å². The average Bonchev–Trinajstić information content (AvgIpc) is 2.20. The summed E-state index contributed by atoms with van der Waals surface area (Å²) in [6, 6.07) is 6.27. The molecule has 0 unspecified atom stereocenters. The predicted molar refractivity (Wildman–Crippen MR) is 52.8 cm³/mol. The second-order valence-corrected chi connectivity index (χ2v) is 3.58. The van der Waals surface area contributed by atoms with Gasteiger partial charge in [0, 0.05) is 12.1 Å². The monoisotopic (exact) mass is 223 g/mol. The maximum absolute atomic E-state index is 13.3. The van der Waals surface area contributed by atoms with E-state index < -0.39 is 11.9 Å². The molecule has 2 rings (SSSR count). The first-order valence-corrected chi connectivity index (χ1v) is 4.84. The summed E-state index contributed by atoms with van der Waals surface area (Å²) in [4.78, 5) is 23.5. The summed E-state index contributed by atoms with van der Waals surface area (Å²) in [6.45, 7) is 0.258. The number of rotatable bonds is 2. The van der Waals surface area contributed by atoms with Crippen LogP contribution in [0.3, 0.4) is 0 Å². The summed E-state index contributed by atoms with van der Waals surface area (Å²) in [5.74, 6) is -1.52. The van der Waals surface area contributed by atoms with E-state index in [0.29, 0.717) is 5.56 Å². The van der Waals surface area contributed by atoms with E-state index in [4.69, 9.17) is 0 Å². The molecule has 16 heavy (non-hydrogen) atoms. The number of halogens is 1. The van der Waals surface area contributed by atoms with Crippen molar-refractivity contribution in [2.24, 2.45) is 0 Å². The van der Waals surface area contributed by atoms with Crippen molar-refractivity contribution in [2.75, 3.05) is 13.1 Å². The van der Waals surface area contributed by atoms with Crippen LogP contribution in [0.2, 0.25) is 0 Å². The van der Waals surface area contributed by atoms with E-state index in [-0.39, 0.29) is 25.5 Å². The summed E-state index contributed by atoms with van der Waals surface area (Å²) in [5.41, 5.74) is 0.463. The van der Waals surface area contributed by atoms with Gasteiger partial charge in [-0.25, -0.2) is 4.39 Å². The molecule has 1 fully saturated rings. The van der Waals surface area contributed by atoms with Gasteiger partial charge < -0.3 is 4.74 Å². The van der Waals surface area contributed by atoms with Crippen LogP contribution in [0.15, 0.2) is 24.3 Å². The van der Waals surface area contributed by atoms with Gasteiger partial charge in [0.05, 0.1) is 13.1 Å². The molecule has 0 amide bonds. The number of carbonyl (C=O) groups is 2. The number of hydrogen-bond donors (Lipinski definition) is 0. The molecular weight excluding hydrogens is 213 g/mol. The summed E-state index contributed by atoms with van der Waals surface area (Å²) in [6.07, 6.45) is 0. The summed E-state index contributed by atoms with van der Waals surface area (Å²) >= 11 is 0. The predicted octanol–water partition coefficient (Wildman–Crippen LogP) is 0.711. The molecule has 1 saturated heterocycles. The first kappa shape index (κ1) is 10.8. The van der Waals surface area contributed by atoms with E-state index in [1.807, 2.05) is 0 Å². The Morgan fingerprint density at radius 2 is 1.81 bits per heavy atom. The Balaban J connectivity index is 2.07. The molecule has 1 heterocycles. The van der Waals surface area contributed by atoms with Gasteiger partial charge in [-0.15, -0.1) is 0 Å². The van der Waals surface area contributed by atoms with E-state index >= 15 is 0 Å². The lowest BCUT2D eigenvalue weighted by molar-refractivity contribution is -0.167. The highest BCUT2D eigenvalue weighted by Crippen LogP contribution is 2.11. The van der Waals surface area contributed by atoms with E-state index in [9.17, 15) is 14.0 Å². The maximum Gasteiger partial charge on any atom is 0.327 e. The van der Waals surface area contributed by atoms with Crippen molar-refractivity contribution in [1.82, 2.24) is 4.90 Å². The third-order valence-electron chi connectivity index (χ3n) is 2.28. The summed E-state index contributed by atoms with van der Waals surface area (Å²) < 4.78 is 17.7. The molecule has 4 nitrogen and oxygen atoms in total. The molecule has 0 aliphatic carbocycles. The van der Waals surface area contributed by atoms with Gasteiger partial charge in [-0.3, -0.25) is 14.5 Å². The standard InChI is InChI=1S/C11H10FNO3/c12-9-4-2-1-3-8(9)5-13-6-10(14)16-11(15)7-13/h1-4H,5-7H2. The first-order valence-electron chi connectivity index (χ1n) is 4.84. The highest BCUT2D eigenvalue weighted by Gasteiger charge is 2.25. The molecule has 0 N–H and O–H groups in total. The van der Waals surface area contributed by atoms with E-state index in [1.165, 1.54) is 6.07 Å². The average molecular weight is 223 g/mol. The first-order chi connectivity index (χ1) is 7.65. The lowest BCUT2D eigenvalue weighted by Gasteiger charge is -2.24.